The van der Waals surface area contributed by atoms with Gasteiger partial charge < -0.3 is 21.3 Å². The van der Waals surface area contributed by atoms with Crippen LogP contribution in [0.4, 0.5) is 0 Å². The van der Waals surface area contributed by atoms with Gasteiger partial charge in [-0.25, -0.2) is 9.79 Å². The molecule has 3 rings (SSSR count). The third-order valence-electron chi connectivity index (χ3n) is 4.42. The first kappa shape index (κ1) is 20.0. The molecule has 9 heteroatoms. The molecule has 2 N–H and O–H groups in total. The summed E-state index contributed by atoms with van der Waals surface area (Å²) in [7, 11) is 0. The molecule has 1 fully saturated rings. The molecule has 8 nitrogen and oxygen atoms in total. The van der Waals surface area contributed by atoms with Gasteiger partial charge in [0.1, 0.15) is 11.2 Å². The average molecular weight is 357 g/mol. The Labute approximate surface area is 168 Å². The van der Waals surface area contributed by atoms with Gasteiger partial charge in [-0.3, -0.25) is 9.78 Å². The van der Waals surface area contributed by atoms with E-state index >= 15 is 0 Å². The molecule has 1 aromatic heterocycles. The van der Waals surface area contributed by atoms with Crippen molar-refractivity contribution in [2.45, 2.75) is 32.6 Å². The SMILES string of the molecule is CC(C)C1(C)N=C(c2ncc(C3OCCO3)cc2C(=O)O)NC1=O.[H-].[Na+]. The minimum absolute atomic E-state index is 0. The van der Waals surface area contributed by atoms with Crippen LogP contribution in [0.15, 0.2) is 17.3 Å². The minimum atomic E-state index is -1.16. The van der Waals surface area contributed by atoms with Crippen molar-refractivity contribution in [3.8, 4) is 0 Å². The Bertz CT molecular complexity index is 737. The molecule has 0 spiro atoms. The van der Waals surface area contributed by atoms with Gasteiger partial charge in [-0.1, -0.05) is 13.8 Å². The van der Waals surface area contributed by atoms with Gasteiger partial charge in [0.15, 0.2) is 12.1 Å². The summed E-state index contributed by atoms with van der Waals surface area (Å²) in [6.45, 7) is 6.38. The molecule has 1 amide bonds. The fraction of sp³-hybridized carbons (Fsp3) is 0.500. The number of carbonyl (C=O) groups is 2. The number of nitrogens with one attached hydrogen (secondary N) is 1. The average Bonchev–Trinajstić information content (AvgIpc) is 3.16. The van der Waals surface area contributed by atoms with Crippen LogP contribution in [0.2, 0.25) is 0 Å². The molecule has 130 valence electrons. The van der Waals surface area contributed by atoms with Crippen LogP contribution in [0.3, 0.4) is 0 Å². The maximum absolute atomic E-state index is 12.2. The van der Waals surface area contributed by atoms with Gasteiger partial charge in [-0.2, -0.15) is 0 Å². The summed E-state index contributed by atoms with van der Waals surface area (Å²) in [5, 5.41) is 12.2. The molecule has 25 heavy (non-hydrogen) atoms. The molecule has 1 atom stereocenters. The van der Waals surface area contributed by atoms with E-state index in [1.54, 1.807) is 6.92 Å². The number of hydrogen-bond donors (Lipinski definition) is 2. The van der Waals surface area contributed by atoms with E-state index in [4.69, 9.17) is 9.47 Å². The molecule has 1 aromatic rings. The van der Waals surface area contributed by atoms with Crippen LogP contribution in [0.1, 0.15) is 50.1 Å². The van der Waals surface area contributed by atoms with Gasteiger partial charge in [0.05, 0.1) is 18.8 Å². The van der Waals surface area contributed by atoms with E-state index in [1.165, 1.54) is 12.3 Å². The Hall–Kier alpha value is -1.32. The third kappa shape index (κ3) is 3.63. The van der Waals surface area contributed by atoms with Crippen LogP contribution in [0.25, 0.3) is 0 Å². The number of pyridine rings is 1. The summed E-state index contributed by atoms with van der Waals surface area (Å²) in [4.78, 5) is 32.5. The third-order valence-corrected chi connectivity index (χ3v) is 4.42. The van der Waals surface area contributed by atoms with Crippen LogP contribution >= 0.6 is 0 Å². The maximum Gasteiger partial charge on any atom is 1.00 e. The topological polar surface area (TPSA) is 110 Å². The van der Waals surface area contributed by atoms with Crippen LogP contribution in [-0.2, 0) is 14.3 Å². The van der Waals surface area contributed by atoms with Gasteiger partial charge in [-0.05, 0) is 18.9 Å². The Morgan fingerprint density at radius 1 is 1.44 bits per heavy atom. The van der Waals surface area contributed by atoms with Crippen LogP contribution < -0.4 is 34.9 Å². The smallest absolute Gasteiger partial charge is 1.00 e. The molecule has 3 heterocycles. The van der Waals surface area contributed by atoms with Crippen molar-refractivity contribution in [3.05, 3.63) is 29.1 Å². The molecule has 0 aromatic carbocycles. The summed E-state index contributed by atoms with van der Waals surface area (Å²) in [5.41, 5.74) is -0.353. The van der Waals surface area contributed by atoms with Crippen molar-refractivity contribution in [2.75, 3.05) is 13.2 Å². The fourth-order valence-electron chi connectivity index (χ4n) is 2.56. The Morgan fingerprint density at radius 3 is 2.60 bits per heavy atom. The molecular formula is C16H20N3NaO5. The van der Waals surface area contributed by atoms with Crippen LogP contribution in [-0.4, -0.2) is 46.6 Å². The number of carboxylic acids is 1. The van der Waals surface area contributed by atoms with Crippen LogP contribution in [0.5, 0.6) is 0 Å². The second kappa shape index (κ2) is 7.51. The molecule has 2 aliphatic rings. The zero-order chi connectivity index (χ0) is 17.5. The summed E-state index contributed by atoms with van der Waals surface area (Å²) in [6, 6.07) is 1.44. The number of aromatic carboxylic acids is 1. The second-order valence-corrected chi connectivity index (χ2v) is 6.26. The zero-order valence-electron chi connectivity index (χ0n) is 15.7. The van der Waals surface area contributed by atoms with E-state index in [0.29, 0.717) is 18.8 Å². The summed E-state index contributed by atoms with van der Waals surface area (Å²) in [5.74, 6) is -1.29. The largest absolute Gasteiger partial charge is 1.00 e. The zero-order valence-corrected chi connectivity index (χ0v) is 16.7. The molecule has 0 radical (unpaired) electrons. The van der Waals surface area contributed by atoms with Crippen molar-refractivity contribution in [1.82, 2.24) is 10.3 Å². The van der Waals surface area contributed by atoms with Crippen molar-refractivity contribution >= 4 is 17.7 Å². The second-order valence-electron chi connectivity index (χ2n) is 6.26. The Balaban J connectivity index is 0.00000169. The first-order valence-electron chi connectivity index (χ1n) is 7.71. The summed E-state index contributed by atoms with van der Waals surface area (Å²) < 4.78 is 10.7. The number of nitrogens with zero attached hydrogens (tertiary/aromatic N) is 2. The summed E-state index contributed by atoms with van der Waals surface area (Å²) in [6.07, 6.45) is 0.864. The number of aromatic nitrogens is 1. The van der Waals surface area contributed by atoms with E-state index < -0.39 is 17.8 Å². The number of amidine groups is 1. The predicted molar refractivity (Wildman–Crippen MR) is 84.9 cm³/mol. The van der Waals surface area contributed by atoms with Gasteiger partial charge in [0.2, 0.25) is 0 Å². The van der Waals surface area contributed by atoms with E-state index in [-0.39, 0.29) is 59.9 Å². The Kier molecular flexibility index (Phi) is 6.01. The molecule has 1 saturated heterocycles. The van der Waals surface area contributed by atoms with E-state index in [0.717, 1.165) is 0 Å². The van der Waals surface area contributed by atoms with Gasteiger partial charge >= 0.3 is 35.5 Å². The standard InChI is InChI=1S/C16H19N3O5.Na.H/c1-8(2)16(3)15(22)18-12(19-16)11-10(13(20)21)6-9(7-17-11)14-23-4-5-24-14;;/h6-8,14H,4-5H2,1-3H3,(H,20,21)(H,18,19,22);;/q;+1;-1. The van der Waals surface area contributed by atoms with Crippen molar-refractivity contribution in [1.29, 1.82) is 0 Å². The maximum atomic E-state index is 12.2. The number of carboxylic acid groups (broad SMARTS) is 1. The van der Waals surface area contributed by atoms with Crippen molar-refractivity contribution in [3.63, 3.8) is 0 Å². The minimum Gasteiger partial charge on any atom is -1.00 e. The first-order chi connectivity index (χ1) is 11.3. The number of ether oxygens (including phenoxy) is 2. The molecule has 0 aliphatic carbocycles. The van der Waals surface area contributed by atoms with E-state index in [1.807, 2.05) is 13.8 Å². The molecule has 1 unspecified atom stereocenters. The van der Waals surface area contributed by atoms with Crippen molar-refractivity contribution < 1.29 is 55.2 Å². The number of hydrogen-bond acceptors (Lipinski definition) is 6. The normalized spacial score (nSPS) is 23.4. The number of carbonyl (C=O) groups excluding carboxylic acids is 1. The quantitative estimate of drug-likeness (QED) is 0.618. The van der Waals surface area contributed by atoms with Crippen molar-refractivity contribution in [2.24, 2.45) is 10.9 Å². The van der Waals surface area contributed by atoms with Gasteiger partial charge in [0, 0.05) is 11.8 Å². The van der Waals surface area contributed by atoms with E-state index in [9.17, 15) is 14.7 Å². The summed E-state index contributed by atoms with van der Waals surface area (Å²) >= 11 is 0. The van der Waals surface area contributed by atoms with Gasteiger partial charge in [0.25, 0.3) is 5.91 Å². The number of aliphatic imine (C=N–C) groups is 1. The number of rotatable bonds is 4. The predicted octanol–water partition coefficient (Wildman–Crippen LogP) is -1.77. The molecule has 0 saturated carbocycles. The molecule has 2 aliphatic heterocycles. The molecular weight excluding hydrogens is 337 g/mol. The fourth-order valence-corrected chi connectivity index (χ4v) is 2.56. The Morgan fingerprint density at radius 2 is 2.08 bits per heavy atom. The first-order valence-corrected chi connectivity index (χ1v) is 7.71. The monoisotopic (exact) mass is 357 g/mol. The number of amides is 1. The van der Waals surface area contributed by atoms with Crippen LogP contribution in [0, 0.1) is 5.92 Å². The van der Waals surface area contributed by atoms with Gasteiger partial charge in [-0.15, -0.1) is 0 Å². The van der Waals surface area contributed by atoms with E-state index in [2.05, 4.69) is 15.3 Å². The molecule has 0 bridgehead atoms.